The smallest absolute Gasteiger partial charge is 0.125 e. The molecule has 20 heavy (non-hydrogen) atoms. The number of anilines is 1. The molecule has 1 atom stereocenters. The van der Waals surface area contributed by atoms with Crippen LogP contribution in [0.4, 0.5) is 5.69 Å². The van der Waals surface area contributed by atoms with Gasteiger partial charge in [-0.2, -0.15) is 0 Å². The first kappa shape index (κ1) is 14.9. The Morgan fingerprint density at radius 1 is 1.10 bits per heavy atom. The van der Waals surface area contributed by atoms with E-state index < -0.39 is 6.10 Å². The lowest BCUT2D eigenvalue weighted by Gasteiger charge is -2.19. The predicted octanol–water partition coefficient (Wildman–Crippen LogP) is 3.90. The highest BCUT2D eigenvalue weighted by atomic mass is 79.9. The quantitative estimate of drug-likeness (QED) is 0.833. The van der Waals surface area contributed by atoms with Crippen molar-refractivity contribution in [3.63, 3.8) is 0 Å². The number of nitrogen functional groups attached to an aromatic ring is 1. The third-order valence-electron chi connectivity index (χ3n) is 2.92. The largest absolute Gasteiger partial charge is 0.491 e. The van der Waals surface area contributed by atoms with Crippen LogP contribution in [0.2, 0.25) is 0 Å². The second kappa shape index (κ2) is 6.29. The number of ether oxygens (including phenoxy) is 1. The Labute approximate surface area is 127 Å². The Kier molecular flexibility index (Phi) is 4.68. The van der Waals surface area contributed by atoms with E-state index in [1.807, 2.05) is 50.2 Å². The van der Waals surface area contributed by atoms with Crippen LogP contribution in [0.5, 0.6) is 5.75 Å². The Morgan fingerprint density at radius 2 is 1.80 bits per heavy atom. The normalized spacial score (nSPS) is 12.4. The Hall–Kier alpha value is -1.52. The topological polar surface area (TPSA) is 55.5 Å². The number of halogens is 1. The number of hydrogen-bond donors (Lipinski definition) is 2. The molecule has 1 unspecified atom stereocenters. The molecule has 0 heterocycles. The van der Waals surface area contributed by atoms with Crippen molar-refractivity contribution >= 4 is 21.6 Å². The van der Waals surface area contributed by atoms with E-state index in [0.29, 0.717) is 22.6 Å². The molecular weight excluding hydrogens is 318 g/mol. The standard InChI is InChI=1S/C16H18BrNO2/c1-10(2)20-15-6-4-3-5-12(15)16(19)13-9-11(17)7-8-14(13)18/h3-10,16,19H,18H2,1-2H3. The Bertz CT molecular complexity index is 599. The Balaban J connectivity index is 2.42. The van der Waals surface area contributed by atoms with Crippen LogP contribution in [0.3, 0.4) is 0 Å². The van der Waals surface area contributed by atoms with Gasteiger partial charge < -0.3 is 15.6 Å². The zero-order valence-corrected chi connectivity index (χ0v) is 13.1. The second-order valence-electron chi connectivity index (χ2n) is 4.88. The van der Waals surface area contributed by atoms with Gasteiger partial charge in [0, 0.05) is 21.3 Å². The van der Waals surface area contributed by atoms with Crippen molar-refractivity contribution in [2.45, 2.75) is 26.1 Å². The van der Waals surface area contributed by atoms with E-state index in [0.717, 1.165) is 4.47 Å². The van der Waals surface area contributed by atoms with Gasteiger partial charge in [-0.3, -0.25) is 0 Å². The first-order valence-electron chi connectivity index (χ1n) is 6.47. The third kappa shape index (κ3) is 3.32. The molecule has 3 nitrogen and oxygen atoms in total. The zero-order chi connectivity index (χ0) is 14.7. The molecule has 2 aromatic carbocycles. The molecule has 2 rings (SSSR count). The van der Waals surface area contributed by atoms with Crippen LogP contribution >= 0.6 is 15.9 Å². The van der Waals surface area contributed by atoms with Crippen molar-refractivity contribution in [1.29, 1.82) is 0 Å². The van der Waals surface area contributed by atoms with E-state index >= 15 is 0 Å². The molecular formula is C16H18BrNO2. The maximum atomic E-state index is 10.6. The molecule has 2 aromatic rings. The number of aliphatic hydroxyl groups is 1. The molecule has 4 heteroatoms. The van der Waals surface area contributed by atoms with Gasteiger partial charge >= 0.3 is 0 Å². The summed E-state index contributed by atoms with van der Waals surface area (Å²) in [7, 11) is 0. The van der Waals surface area contributed by atoms with Crippen molar-refractivity contribution in [2.75, 3.05) is 5.73 Å². The fraction of sp³-hybridized carbons (Fsp3) is 0.250. The number of hydrogen-bond acceptors (Lipinski definition) is 3. The molecule has 0 aliphatic carbocycles. The van der Waals surface area contributed by atoms with Crippen molar-refractivity contribution in [3.8, 4) is 5.75 Å². The highest BCUT2D eigenvalue weighted by Crippen LogP contribution is 2.34. The SMILES string of the molecule is CC(C)Oc1ccccc1C(O)c1cc(Br)ccc1N. The second-order valence-corrected chi connectivity index (χ2v) is 5.80. The molecule has 0 fully saturated rings. The number of rotatable bonds is 4. The van der Waals surface area contributed by atoms with E-state index in [9.17, 15) is 5.11 Å². The summed E-state index contributed by atoms with van der Waals surface area (Å²) in [6.45, 7) is 3.91. The van der Waals surface area contributed by atoms with E-state index in [1.165, 1.54) is 0 Å². The van der Waals surface area contributed by atoms with Crippen LogP contribution in [-0.2, 0) is 0 Å². The van der Waals surface area contributed by atoms with Gasteiger partial charge in [-0.15, -0.1) is 0 Å². The van der Waals surface area contributed by atoms with Crippen LogP contribution in [0.1, 0.15) is 31.1 Å². The first-order valence-corrected chi connectivity index (χ1v) is 7.27. The number of para-hydroxylation sites is 1. The molecule has 0 aliphatic heterocycles. The monoisotopic (exact) mass is 335 g/mol. The predicted molar refractivity (Wildman–Crippen MR) is 84.8 cm³/mol. The van der Waals surface area contributed by atoms with E-state index in [-0.39, 0.29) is 6.10 Å². The van der Waals surface area contributed by atoms with E-state index in [4.69, 9.17) is 10.5 Å². The van der Waals surface area contributed by atoms with Gasteiger partial charge in [0.1, 0.15) is 11.9 Å². The van der Waals surface area contributed by atoms with Crippen molar-refractivity contribution in [2.24, 2.45) is 0 Å². The summed E-state index contributed by atoms with van der Waals surface area (Å²) in [4.78, 5) is 0. The minimum absolute atomic E-state index is 0.0446. The summed E-state index contributed by atoms with van der Waals surface area (Å²) in [5.74, 6) is 0.675. The molecule has 0 aromatic heterocycles. The lowest BCUT2D eigenvalue weighted by atomic mass is 9.99. The molecule has 0 saturated heterocycles. The fourth-order valence-electron chi connectivity index (χ4n) is 2.02. The maximum absolute atomic E-state index is 10.6. The molecule has 106 valence electrons. The van der Waals surface area contributed by atoms with Gasteiger partial charge in [0.05, 0.1) is 6.10 Å². The van der Waals surface area contributed by atoms with Crippen molar-refractivity contribution < 1.29 is 9.84 Å². The summed E-state index contributed by atoms with van der Waals surface area (Å²) in [5.41, 5.74) is 7.89. The molecule has 3 N–H and O–H groups in total. The lowest BCUT2D eigenvalue weighted by molar-refractivity contribution is 0.198. The minimum Gasteiger partial charge on any atom is -0.491 e. The number of benzene rings is 2. The van der Waals surface area contributed by atoms with Crippen LogP contribution in [-0.4, -0.2) is 11.2 Å². The van der Waals surface area contributed by atoms with Gasteiger partial charge in [0.25, 0.3) is 0 Å². The van der Waals surface area contributed by atoms with Crippen LogP contribution in [0.25, 0.3) is 0 Å². The highest BCUT2D eigenvalue weighted by Gasteiger charge is 2.18. The molecule has 0 spiro atoms. The summed E-state index contributed by atoms with van der Waals surface area (Å²) in [5, 5.41) is 10.6. The van der Waals surface area contributed by atoms with Gasteiger partial charge in [0.15, 0.2) is 0 Å². The van der Waals surface area contributed by atoms with Crippen LogP contribution < -0.4 is 10.5 Å². The van der Waals surface area contributed by atoms with Gasteiger partial charge in [-0.05, 0) is 38.1 Å². The van der Waals surface area contributed by atoms with Crippen molar-refractivity contribution in [3.05, 3.63) is 58.1 Å². The van der Waals surface area contributed by atoms with Gasteiger partial charge in [-0.1, -0.05) is 34.1 Å². The van der Waals surface area contributed by atoms with Crippen molar-refractivity contribution in [1.82, 2.24) is 0 Å². The number of aliphatic hydroxyl groups excluding tert-OH is 1. The van der Waals surface area contributed by atoms with Gasteiger partial charge in [-0.25, -0.2) is 0 Å². The number of nitrogens with two attached hydrogens (primary N) is 1. The lowest BCUT2D eigenvalue weighted by Crippen LogP contribution is -2.10. The average molecular weight is 336 g/mol. The van der Waals surface area contributed by atoms with E-state index in [1.54, 1.807) is 6.07 Å². The van der Waals surface area contributed by atoms with Crippen LogP contribution in [0.15, 0.2) is 46.9 Å². The Morgan fingerprint density at radius 3 is 2.50 bits per heavy atom. The summed E-state index contributed by atoms with van der Waals surface area (Å²) >= 11 is 3.40. The fourth-order valence-corrected chi connectivity index (χ4v) is 2.40. The highest BCUT2D eigenvalue weighted by molar-refractivity contribution is 9.10. The van der Waals surface area contributed by atoms with Gasteiger partial charge in [0.2, 0.25) is 0 Å². The summed E-state index contributed by atoms with van der Waals surface area (Å²) in [6, 6.07) is 12.9. The zero-order valence-electron chi connectivity index (χ0n) is 11.5. The average Bonchev–Trinajstić information content (AvgIpc) is 2.41. The first-order chi connectivity index (χ1) is 9.49. The molecule has 0 aliphatic rings. The maximum Gasteiger partial charge on any atom is 0.125 e. The summed E-state index contributed by atoms with van der Waals surface area (Å²) < 4.78 is 6.62. The van der Waals surface area contributed by atoms with Crippen LogP contribution in [0, 0.1) is 0 Å². The molecule has 0 bridgehead atoms. The third-order valence-corrected chi connectivity index (χ3v) is 3.41. The minimum atomic E-state index is -0.817. The molecule has 0 amide bonds. The molecule has 0 radical (unpaired) electrons. The van der Waals surface area contributed by atoms with E-state index in [2.05, 4.69) is 15.9 Å². The molecule has 0 saturated carbocycles. The summed E-state index contributed by atoms with van der Waals surface area (Å²) in [6.07, 6.45) is -0.773.